The fraction of sp³-hybridized carbons (Fsp3) is 0.667. The zero-order valence-corrected chi connectivity index (χ0v) is 22.5. The molecule has 192 valence electrons. The molecule has 1 aromatic carbocycles. The number of nitrogens with one attached hydrogen (secondary N) is 2. The number of carbonyl (C=O) groups excluding carboxylic acids is 3. The topological polar surface area (TPSA) is 87.7 Å². The van der Waals surface area contributed by atoms with Gasteiger partial charge in [-0.2, -0.15) is 0 Å². The van der Waals surface area contributed by atoms with E-state index in [2.05, 4.69) is 17.6 Å². The Morgan fingerprint density at radius 3 is 2.21 bits per heavy atom. The summed E-state index contributed by atoms with van der Waals surface area (Å²) in [6.07, 6.45) is 1.83. The van der Waals surface area contributed by atoms with Gasteiger partial charge < -0.3 is 20.3 Å². The zero-order chi connectivity index (χ0) is 26.1. The molecule has 0 aliphatic carbocycles. The highest BCUT2D eigenvalue weighted by Gasteiger charge is 2.37. The smallest absolute Gasteiger partial charge is 0.408 e. The van der Waals surface area contributed by atoms with Crippen molar-refractivity contribution < 1.29 is 19.1 Å². The van der Waals surface area contributed by atoms with Crippen LogP contribution in [-0.2, 0) is 14.3 Å². The van der Waals surface area contributed by atoms with E-state index in [1.54, 1.807) is 25.7 Å². The van der Waals surface area contributed by atoms with Crippen LogP contribution in [0.25, 0.3) is 0 Å². The van der Waals surface area contributed by atoms with Crippen LogP contribution >= 0.6 is 0 Å². The van der Waals surface area contributed by atoms with Gasteiger partial charge in [-0.1, -0.05) is 63.4 Å². The van der Waals surface area contributed by atoms with Gasteiger partial charge in [-0.05, 0) is 59.4 Å². The second kappa shape index (κ2) is 13.4. The third-order valence-electron chi connectivity index (χ3n) is 5.80. The number of hydrogen-bond acceptors (Lipinski definition) is 4. The van der Waals surface area contributed by atoms with Crippen LogP contribution in [0, 0.1) is 12.8 Å². The summed E-state index contributed by atoms with van der Waals surface area (Å²) in [4.78, 5) is 41.5. The van der Waals surface area contributed by atoms with E-state index in [1.807, 2.05) is 58.9 Å². The molecule has 0 aromatic heterocycles. The second-order valence-electron chi connectivity index (χ2n) is 10.1. The first-order valence-electron chi connectivity index (χ1n) is 12.5. The molecule has 0 saturated carbocycles. The van der Waals surface area contributed by atoms with E-state index in [0.29, 0.717) is 13.0 Å². The number of ether oxygens (including phenoxy) is 1. The summed E-state index contributed by atoms with van der Waals surface area (Å²) in [6.45, 7) is 17.4. The van der Waals surface area contributed by atoms with Crippen LogP contribution in [0.2, 0.25) is 0 Å². The summed E-state index contributed by atoms with van der Waals surface area (Å²) in [5.74, 6) is -0.663. The van der Waals surface area contributed by atoms with Gasteiger partial charge in [0.15, 0.2) is 0 Å². The van der Waals surface area contributed by atoms with Gasteiger partial charge >= 0.3 is 6.09 Å². The highest BCUT2D eigenvalue weighted by atomic mass is 16.6. The number of carbonyl (C=O) groups is 3. The van der Waals surface area contributed by atoms with Crippen molar-refractivity contribution in [1.82, 2.24) is 15.5 Å². The van der Waals surface area contributed by atoms with Crippen molar-refractivity contribution in [1.29, 1.82) is 0 Å². The van der Waals surface area contributed by atoms with Gasteiger partial charge in [-0.15, -0.1) is 0 Å². The van der Waals surface area contributed by atoms with Crippen LogP contribution in [0.5, 0.6) is 0 Å². The Bertz CT molecular complexity index is 818. The maximum atomic E-state index is 13.9. The molecule has 0 fully saturated rings. The predicted octanol–water partition coefficient (Wildman–Crippen LogP) is 5.13. The largest absolute Gasteiger partial charge is 0.444 e. The van der Waals surface area contributed by atoms with E-state index in [1.165, 1.54) is 0 Å². The quantitative estimate of drug-likeness (QED) is 0.464. The fourth-order valence-corrected chi connectivity index (χ4v) is 3.90. The molecule has 0 bridgehead atoms. The third kappa shape index (κ3) is 8.99. The number of alkyl carbamates (subject to hydrolysis) is 1. The lowest BCUT2D eigenvalue weighted by molar-refractivity contribution is -0.143. The minimum absolute atomic E-state index is 0.0103. The lowest BCUT2D eigenvalue weighted by Gasteiger charge is -2.36. The Hall–Kier alpha value is -2.57. The maximum Gasteiger partial charge on any atom is 0.408 e. The molecule has 1 aromatic rings. The number of nitrogens with zero attached hydrogens (tertiary/aromatic N) is 1. The summed E-state index contributed by atoms with van der Waals surface area (Å²) in [5.41, 5.74) is 1.07. The van der Waals surface area contributed by atoms with Crippen LogP contribution in [0.4, 0.5) is 4.79 Å². The normalized spacial score (nSPS) is 15.0. The lowest BCUT2D eigenvalue weighted by atomic mass is 9.95. The Balaban J connectivity index is 3.38. The van der Waals surface area contributed by atoms with Crippen LogP contribution in [-0.4, -0.2) is 47.0 Å². The molecule has 0 aliphatic rings. The lowest BCUT2D eigenvalue weighted by Crippen LogP contribution is -2.55. The highest BCUT2D eigenvalue weighted by molar-refractivity contribution is 5.92. The number of hydrogen-bond donors (Lipinski definition) is 2. The van der Waals surface area contributed by atoms with Crippen molar-refractivity contribution in [2.45, 2.75) is 105 Å². The zero-order valence-electron chi connectivity index (χ0n) is 22.5. The molecular formula is C27H45N3O4. The number of likely N-dealkylation sites (N-methyl/N-ethyl adjacent to an activating group) is 1. The summed E-state index contributed by atoms with van der Waals surface area (Å²) >= 11 is 0. The van der Waals surface area contributed by atoms with Gasteiger partial charge in [0.2, 0.25) is 11.8 Å². The Morgan fingerprint density at radius 1 is 1.06 bits per heavy atom. The van der Waals surface area contributed by atoms with Crippen molar-refractivity contribution in [2.75, 3.05) is 6.54 Å². The summed E-state index contributed by atoms with van der Waals surface area (Å²) in [7, 11) is 0. The van der Waals surface area contributed by atoms with Crippen LogP contribution in [0.15, 0.2) is 24.3 Å². The van der Waals surface area contributed by atoms with Gasteiger partial charge in [0.05, 0.1) is 0 Å². The van der Waals surface area contributed by atoms with Crippen LogP contribution in [0.3, 0.4) is 0 Å². The molecule has 0 heterocycles. The first-order valence-corrected chi connectivity index (χ1v) is 12.5. The highest BCUT2D eigenvalue weighted by Crippen LogP contribution is 2.25. The predicted molar refractivity (Wildman–Crippen MR) is 136 cm³/mol. The molecule has 7 heteroatoms. The average Bonchev–Trinajstić information content (AvgIpc) is 2.73. The fourth-order valence-electron chi connectivity index (χ4n) is 3.90. The summed E-state index contributed by atoms with van der Waals surface area (Å²) in [5, 5.41) is 5.85. The summed E-state index contributed by atoms with van der Waals surface area (Å²) in [6, 6.07) is 6.04. The molecule has 0 radical (unpaired) electrons. The van der Waals surface area contributed by atoms with Gasteiger partial charge in [0, 0.05) is 12.6 Å². The van der Waals surface area contributed by atoms with Crippen molar-refractivity contribution in [3.8, 4) is 0 Å². The van der Waals surface area contributed by atoms with E-state index in [-0.39, 0.29) is 23.8 Å². The number of amides is 3. The van der Waals surface area contributed by atoms with Crippen molar-refractivity contribution in [3.63, 3.8) is 0 Å². The monoisotopic (exact) mass is 475 g/mol. The molecule has 1 rings (SSSR count). The molecule has 34 heavy (non-hydrogen) atoms. The standard InChI is InChI=1S/C27H45N3O4/c1-10-14-20(6)28-24(31)23(21-16-13-15-18(4)17-21)30(12-3)25(32)22(19(5)11-2)29-26(33)34-27(7,8)9/h13,15-17,19-20,22-23H,10-12,14H2,1-9H3,(H,28,31)(H,29,33). The van der Waals surface area contributed by atoms with Gasteiger partial charge in [-0.3, -0.25) is 9.59 Å². The first-order chi connectivity index (χ1) is 15.8. The second-order valence-corrected chi connectivity index (χ2v) is 10.1. The minimum Gasteiger partial charge on any atom is -0.444 e. The molecule has 4 atom stereocenters. The maximum absolute atomic E-state index is 13.9. The van der Waals surface area contributed by atoms with E-state index >= 15 is 0 Å². The van der Waals surface area contributed by atoms with Crippen molar-refractivity contribution in [3.05, 3.63) is 35.4 Å². The molecule has 0 spiro atoms. The third-order valence-corrected chi connectivity index (χ3v) is 5.80. The Labute approximate surface area is 206 Å². The van der Waals surface area contributed by atoms with E-state index in [9.17, 15) is 14.4 Å². The van der Waals surface area contributed by atoms with E-state index in [4.69, 9.17) is 4.74 Å². The first kappa shape index (κ1) is 29.5. The molecule has 3 amide bonds. The van der Waals surface area contributed by atoms with Crippen LogP contribution in [0.1, 0.15) is 91.8 Å². The number of benzene rings is 1. The van der Waals surface area contributed by atoms with Gasteiger partial charge in [-0.25, -0.2) is 4.79 Å². The van der Waals surface area contributed by atoms with Crippen LogP contribution < -0.4 is 10.6 Å². The van der Waals surface area contributed by atoms with Crippen molar-refractivity contribution in [2.24, 2.45) is 5.92 Å². The number of aryl methyl sites for hydroxylation is 1. The molecule has 0 aliphatic heterocycles. The van der Waals surface area contributed by atoms with Crippen molar-refractivity contribution >= 4 is 17.9 Å². The van der Waals surface area contributed by atoms with Gasteiger partial charge in [0.25, 0.3) is 0 Å². The molecule has 0 saturated heterocycles. The molecular weight excluding hydrogens is 430 g/mol. The molecule has 7 nitrogen and oxygen atoms in total. The Kier molecular flexibility index (Phi) is 11.6. The van der Waals surface area contributed by atoms with E-state index < -0.39 is 23.8 Å². The SMILES string of the molecule is CCCC(C)NC(=O)C(c1cccc(C)c1)N(CC)C(=O)C(NC(=O)OC(C)(C)C)C(C)CC. The summed E-state index contributed by atoms with van der Waals surface area (Å²) < 4.78 is 5.41. The molecule has 4 unspecified atom stereocenters. The number of rotatable bonds is 11. The molecule has 2 N–H and O–H groups in total. The van der Waals surface area contributed by atoms with Gasteiger partial charge in [0.1, 0.15) is 17.7 Å². The Morgan fingerprint density at radius 2 is 1.71 bits per heavy atom. The minimum atomic E-state index is -0.812. The average molecular weight is 476 g/mol. The van der Waals surface area contributed by atoms with E-state index in [0.717, 1.165) is 24.0 Å².